The maximum absolute atomic E-state index is 11.8. The topological polar surface area (TPSA) is 91.1 Å². The van der Waals surface area contributed by atoms with Crippen molar-refractivity contribution in [1.29, 1.82) is 0 Å². The molecule has 8 nitrogen and oxygen atoms in total. The van der Waals surface area contributed by atoms with Gasteiger partial charge in [-0.25, -0.2) is 4.99 Å². The van der Waals surface area contributed by atoms with Gasteiger partial charge in [0.2, 0.25) is 5.91 Å². The molecule has 1 amide bonds. The number of furan rings is 1. The monoisotopic (exact) mass is 379 g/mol. The molecular formula is C19H33N5O3. The largest absolute Gasteiger partial charge is 0.468 e. The summed E-state index contributed by atoms with van der Waals surface area (Å²) in [5.41, 5.74) is 0. The van der Waals surface area contributed by atoms with Crippen LogP contribution in [0.2, 0.25) is 0 Å². The molecule has 0 aromatic carbocycles. The highest BCUT2D eigenvalue weighted by atomic mass is 16.5. The summed E-state index contributed by atoms with van der Waals surface area (Å²) in [6.07, 6.45) is 5.44. The minimum atomic E-state index is -0.122. The number of amides is 1. The standard InChI is InChI=1S/C19H33N5O3/c1-3-20-19(23-15-18(25)21-9-13-26-2)22-14-16(17-8-7-12-27-17)24-10-5-4-6-11-24/h7-8,12,16H,3-6,9-11,13-15H2,1-2H3,(H,21,25)(H2,20,22,23). The number of carbonyl (C=O) groups is 1. The number of rotatable bonds is 10. The first-order valence-corrected chi connectivity index (χ1v) is 9.79. The first-order chi connectivity index (χ1) is 13.2. The van der Waals surface area contributed by atoms with Gasteiger partial charge in [0.1, 0.15) is 12.3 Å². The number of ether oxygens (including phenoxy) is 1. The number of nitrogens with zero attached hydrogens (tertiary/aromatic N) is 2. The van der Waals surface area contributed by atoms with Crippen molar-refractivity contribution < 1.29 is 13.9 Å². The zero-order chi connectivity index (χ0) is 19.3. The van der Waals surface area contributed by atoms with Gasteiger partial charge in [-0.15, -0.1) is 0 Å². The quantitative estimate of drug-likeness (QED) is 0.321. The molecule has 0 radical (unpaired) electrons. The Morgan fingerprint density at radius 3 is 2.78 bits per heavy atom. The lowest BCUT2D eigenvalue weighted by atomic mass is 10.1. The summed E-state index contributed by atoms with van der Waals surface area (Å²) in [7, 11) is 1.61. The van der Waals surface area contributed by atoms with Crippen LogP contribution in [0.15, 0.2) is 27.8 Å². The second-order valence-electron chi connectivity index (χ2n) is 6.55. The van der Waals surface area contributed by atoms with Crippen molar-refractivity contribution in [3.63, 3.8) is 0 Å². The van der Waals surface area contributed by atoms with Crippen LogP contribution in [-0.2, 0) is 9.53 Å². The second-order valence-corrected chi connectivity index (χ2v) is 6.55. The normalized spacial score (nSPS) is 16.7. The van der Waals surface area contributed by atoms with Gasteiger partial charge in [-0.05, 0) is 45.0 Å². The lowest BCUT2D eigenvalue weighted by molar-refractivity contribution is -0.119. The van der Waals surface area contributed by atoms with E-state index in [1.807, 2.05) is 19.1 Å². The van der Waals surface area contributed by atoms with E-state index in [4.69, 9.17) is 9.15 Å². The Morgan fingerprint density at radius 2 is 2.11 bits per heavy atom. The van der Waals surface area contributed by atoms with Crippen LogP contribution in [0.4, 0.5) is 0 Å². The summed E-state index contributed by atoms with van der Waals surface area (Å²) in [4.78, 5) is 18.7. The van der Waals surface area contributed by atoms with Crippen LogP contribution in [-0.4, -0.2) is 69.8 Å². The van der Waals surface area contributed by atoms with Crippen LogP contribution in [0.1, 0.15) is 38.0 Å². The molecular weight excluding hydrogens is 346 g/mol. The van der Waals surface area contributed by atoms with Crippen LogP contribution in [0.5, 0.6) is 0 Å². The van der Waals surface area contributed by atoms with Crippen molar-refractivity contribution in [2.24, 2.45) is 4.99 Å². The van der Waals surface area contributed by atoms with E-state index in [2.05, 4.69) is 25.8 Å². The van der Waals surface area contributed by atoms with Gasteiger partial charge in [-0.3, -0.25) is 9.69 Å². The van der Waals surface area contributed by atoms with Crippen LogP contribution >= 0.6 is 0 Å². The molecule has 1 fully saturated rings. The Bertz CT molecular complexity index is 556. The first-order valence-electron chi connectivity index (χ1n) is 9.79. The summed E-state index contributed by atoms with van der Waals surface area (Å²) in [6.45, 7) is 6.61. The third-order valence-electron chi connectivity index (χ3n) is 4.52. The van der Waals surface area contributed by atoms with E-state index in [-0.39, 0.29) is 18.5 Å². The highest BCUT2D eigenvalue weighted by molar-refractivity contribution is 5.84. The minimum Gasteiger partial charge on any atom is -0.468 e. The molecule has 1 aromatic rings. The molecule has 1 atom stereocenters. The Kier molecular flexibility index (Phi) is 9.72. The van der Waals surface area contributed by atoms with E-state index in [1.54, 1.807) is 13.4 Å². The SMILES string of the molecule is CCNC(=NCC(=O)NCCOC)NCC(c1ccco1)N1CCCCC1. The van der Waals surface area contributed by atoms with Gasteiger partial charge < -0.3 is 25.1 Å². The van der Waals surface area contributed by atoms with Crippen LogP contribution < -0.4 is 16.0 Å². The Balaban J connectivity index is 1.92. The van der Waals surface area contributed by atoms with E-state index in [0.717, 1.165) is 25.4 Å². The summed E-state index contributed by atoms with van der Waals surface area (Å²) < 4.78 is 10.6. The lowest BCUT2D eigenvalue weighted by Gasteiger charge is -2.33. The smallest absolute Gasteiger partial charge is 0.241 e. The molecule has 1 saturated heterocycles. The van der Waals surface area contributed by atoms with Crippen molar-refractivity contribution in [2.45, 2.75) is 32.2 Å². The molecule has 2 heterocycles. The average molecular weight is 380 g/mol. The van der Waals surface area contributed by atoms with E-state index in [0.29, 0.717) is 25.7 Å². The van der Waals surface area contributed by atoms with Gasteiger partial charge in [-0.2, -0.15) is 0 Å². The minimum absolute atomic E-state index is 0.0776. The molecule has 0 bridgehead atoms. The molecule has 1 aliphatic rings. The number of aliphatic imine (C=N–C) groups is 1. The maximum Gasteiger partial charge on any atom is 0.241 e. The fraction of sp³-hybridized carbons (Fsp3) is 0.684. The second kappa shape index (κ2) is 12.3. The number of methoxy groups -OCH3 is 1. The Labute approximate surface area is 161 Å². The van der Waals surface area contributed by atoms with E-state index < -0.39 is 0 Å². The zero-order valence-corrected chi connectivity index (χ0v) is 16.5. The number of piperidine rings is 1. The van der Waals surface area contributed by atoms with Gasteiger partial charge in [-0.1, -0.05) is 6.42 Å². The summed E-state index contributed by atoms with van der Waals surface area (Å²) in [5, 5.41) is 9.33. The van der Waals surface area contributed by atoms with E-state index >= 15 is 0 Å². The fourth-order valence-electron chi connectivity index (χ4n) is 3.15. The number of hydrogen-bond donors (Lipinski definition) is 3. The van der Waals surface area contributed by atoms with Crippen molar-refractivity contribution in [1.82, 2.24) is 20.9 Å². The molecule has 1 unspecified atom stereocenters. The molecule has 27 heavy (non-hydrogen) atoms. The predicted octanol–water partition coefficient (Wildman–Crippen LogP) is 1.12. The van der Waals surface area contributed by atoms with Crippen molar-refractivity contribution in [3.05, 3.63) is 24.2 Å². The van der Waals surface area contributed by atoms with Crippen LogP contribution in [0, 0.1) is 0 Å². The molecule has 3 N–H and O–H groups in total. The number of nitrogens with one attached hydrogen (secondary N) is 3. The molecule has 152 valence electrons. The number of carbonyl (C=O) groups excluding carboxylic acids is 1. The van der Waals surface area contributed by atoms with Gasteiger partial charge in [0.25, 0.3) is 0 Å². The highest BCUT2D eigenvalue weighted by Gasteiger charge is 2.24. The molecule has 2 rings (SSSR count). The van der Waals surface area contributed by atoms with Crippen LogP contribution in [0.3, 0.4) is 0 Å². The molecule has 0 spiro atoms. The molecule has 0 saturated carbocycles. The number of hydrogen-bond acceptors (Lipinski definition) is 5. The van der Waals surface area contributed by atoms with E-state index in [1.165, 1.54) is 19.3 Å². The van der Waals surface area contributed by atoms with Gasteiger partial charge >= 0.3 is 0 Å². The predicted molar refractivity (Wildman–Crippen MR) is 106 cm³/mol. The molecule has 8 heteroatoms. The van der Waals surface area contributed by atoms with Gasteiger partial charge in [0.05, 0.1) is 18.9 Å². The maximum atomic E-state index is 11.8. The average Bonchev–Trinajstić information content (AvgIpc) is 3.22. The van der Waals surface area contributed by atoms with E-state index in [9.17, 15) is 4.79 Å². The van der Waals surface area contributed by atoms with Gasteiger partial charge in [0.15, 0.2) is 5.96 Å². The summed E-state index contributed by atoms with van der Waals surface area (Å²) in [6, 6.07) is 4.10. The molecule has 0 aliphatic carbocycles. The van der Waals surface area contributed by atoms with Crippen molar-refractivity contribution in [3.8, 4) is 0 Å². The van der Waals surface area contributed by atoms with Crippen molar-refractivity contribution in [2.75, 3.05) is 53.0 Å². The first kappa shape index (κ1) is 21.2. The molecule has 1 aliphatic heterocycles. The van der Waals surface area contributed by atoms with Gasteiger partial charge in [0, 0.05) is 26.7 Å². The van der Waals surface area contributed by atoms with Crippen molar-refractivity contribution >= 4 is 11.9 Å². The third kappa shape index (κ3) is 7.60. The number of likely N-dealkylation sites (tertiary alicyclic amines) is 1. The fourth-order valence-corrected chi connectivity index (χ4v) is 3.15. The zero-order valence-electron chi connectivity index (χ0n) is 16.5. The Morgan fingerprint density at radius 1 is 1.30 bits per heavy atom. The lowest BCUT2D eigenvalue weighted by Crippen LogP contribution is -2.44. The third-order valence-corrected chi connectivity index (χ3v) is 4.52. The highest BCUT2D eigenvalue weighted by Crippen LogP contribution is 2.24. The summed E-state index contributed by atoms with van der Waals surface area (Å²) in [5.74, 6) is 1.47. The number of guanidine groups is 1. The van der Waals surface area contributed by atoms with Crippen LogP contribution in [0.25, 0.3) is 0 Å². The summed E-state index contributed by atoms with van der Waals surface area (Å²) >= 11 is 0. The Hall–Kier alpha value is -2.06. The molecule has 1 aromatic heterocycles.